The molecule has 0 bridgehead atoms. The molecule has 0 aliphatic carbocycles. The molecule has 7 nitrogen and oxygen atoms in total. The summed E-state index contributed by atoms with van der Waals surface area (Å²) >= 11 is 6.57. The first-order chi connectivity index (χ1) is 18.4. The standard InChI is InChI=1S/C29H22ClN5O2S/c1-17-7-8-18(13-31-17)15-38(37)16-23-10-21-11-24(20-9-22-14-32-35-27(22)25(30)12-20)26(19-5-3-2-4-6-19)33-28(21)34-29(23)36/h2-14H,15-16H2,1H3,(H,32,35)(H,33,34,36). The summed E-state index contributed by atoms with van der Waals surface area (Å²) in [5, 5.41) is 9.22. The monoisotopic (exact) mass is 539 g/mol. The summed E-state index contributed by atoms with van der Waals surface area (Å²) in [7, 11) is -1.28. The number of pyridine rings is 3. The fourth-order valence-corrected chi connectivity index (χ4v) is 5.96. The number of hydrogen-bond acceptors (Lipinski definition) is 5. The van der Waals surface area contributed by atoms with E-state index >= 15 is 0 Å². The van der Waals surface area contributed by atoms with Crippen molar-refractivity contribution in [1.82, 2.24) is 25.1 Å². The Bertz CT molecular complexity index is 1880. The lowest BCUT2D eigenvalue weighted by atomic mass is 9.97. The second-order valence-corrected chi connectivity index (χ2v) is 11.0. The number of halogens is 1. The van der Waals surface area contributed by atoms with Gasteiger partial charge in [-0.25, -0.2) is 4.98 Å². The summed E-state index contributed by atoms with van der Waals surface area (Å²) in [6.45, 7) is 1.90. The van der Waals surface area contributed by atoms with E-state index in [4.69, 9.17) is 16.6 Å². The van der Waals surface area contributed by atoms with Gasteiger partial charge in [0.1, 0.15) is 5.65 Å². The molecule has 188 valence electrons. The second-order valence-electron chi connectivity index (χ2n) is 9.14. The van der Waals surface area contributed by atoms with Gasteiger partial charge < -0.3 is 4.98 Å². The third kappa shape index (κ3) is 4.76. The van der Waals surface area contributed by atoms with Crippen LogP contribution in [0.15, 0.2) is 83.9 Å². The Labute approximate surface area is 225 Å². The molecule has 6 rings (SSSR count). The van der Waals surface area contributed by atoms with Crippen molar-refractivity contribution in [2.24, 2.45) is 0 Å². The fraction of sp³-hybridized carbons (Fsp3) is 0.103. The number of aromatic amines is 2. The second kappa shape index (κ2) is 9.96. The number of aryl methyl sites for hydroxylation is 1. The zero-order valence-corrected chi connectivity index (χ0v) is 21.9. The van der Waals surface area contributed by atoms with Crippen molar-refractivity contribution >= 4 is 44.3 Å². The molecular formula is C29H22ClN5O2S. The Morgan fingerprint density at radius 1 is 0.921 bits per heavy atom. The molecule has 0 saturated carbocycles. The SMILES string of the molecule is Cc1ccc(CS(=O)Cc2cc3cc(-c4cc(Cl)c5[nH]ncc5c4)c(-c4ccccc4)nc3[nH]c2=O)cn1. The summed E-state index contributed by atoms with van der Waals surface area (Å²) in [6.07, 6.45) is 3.46. The lowest BCUT2D eigenvalue weighted by Gasteiger charge is -2.13. The van der Waals surface area contributed by atoms with Gasteiger partial charge in [0.15, 0.2) is 0 Å². The minimum absolute atomic E-state index is 0.127. The molecule has 0 aliphatic rings. The zero-order chi connectivity index (χ0) is 26.2. The van der Waals surface area contributed by atoms with Crippen LogP contribution in [-0.4, -0.2) is 29.4 Å². The average molecular weight is 540 g/mol. The number of benzene rings is 2. The van der Waals surface area contributed by atoms with Crippen molar-refractivity contribution in [1.29, 1.82) is 0 Å². The first-order valence-corrected chi connectivity index (χ1v) is 13.8. The van der Waals surface area contributed by atoms with Crippen molar-refractivity contribution in [3.63, 3.8) is 0 Å². The Balaban J connectivity index is 1.45. The van der Waals surface area contributed by atoms with Gasteiger partial charge in [0.2, 0.25) is 0 Å². The first-order valence-electron chi connectivity index (χ1n) is 12.0. The Hall–Kier alpha value is -4.14. The molecule has 1 unspecified atom stereocenters. The van der Waals surface area contributed by atoms with Crippen molar-refractivity contribution in [3.05, 3.63) is 111 Å². The number of nitrogens with zero attached hydrogens (tertiary/aromatic N) is 3. The molecule has 1 atom stereocenters. The summed E-state index contributed by atoms with van der Waals surface area (Å²) in [5.41, 5.74) is 6.51. The molecule has 2 aromatic carbocycles. The van der Waals surface area contributed by atoms with Crippen LogP contribution >= 0.6 is 11.6 Å². The highest BCUT2D eigenvalue weighted by molar-refractivity contribution is 7.83. The van der Waals surface area contributed by atoms with E-state index in [1.807, 2.05) is 67.6 Å². The number of nitrogens with one attached hydrogen (secondary N) is 2. The van der Waals surface area contributed by atoms with Gasteiger partial charge in [-0.05, 0) is 48.4 Å². The minimum Gasteiger partial charge on any atom is -0.306 e. The van der Waals surface area contributed by atoms with E-state index in [0.717, 1.165) is 49.9 Å². The highest BCUT2D eigenvalue weighted by Crippen LogP contribution is 2.36. The van der Waals surface area contributed by atoms with Crippen LogP contribution in [0.25, 0.3) is 44.3 Å². The maximum Gasteiger partial charge on any atom is 0.253 e. The predicted molar refractivity (Wildman–Crippen MR) is 152 cm³/mol. The third-order valence-electron chi connectivity index (χ3n) is 6.38. The van der Waals surface area contributed by atoms with Crippen LogP contribution in [0.3, 0.4) is 0 Å². The number of hydrogen-bond donors (Lipinski definition) is 2. The van der Waals surface area contributed by atoms with Gasteiger partial charge >= 0.3 is 0 Å². The van der Waals surface area contributed by atoms with E-state index in [1.54, 1.807) is 18.5 Å². The van der Waals surface area contributed by atoms with E-state index in [1.165, 1.54) is 0 Å². The van der Waals surface area contributed by atoms with Crippen molar-refractivity contribution < 1.29 is 4.21 Å². The van der Waals surface area contributed by atoms with E-state index < -0.39 is 10.8 Å². The normalized spacial score (nSPS) is 12.3. The maximum atomic E-state index is 13.0. The van der Waals surface area contributed by atoms with E-state index in [0.29, 0.717) is 22.0 Å². The van der Waals surface area contributed by atoms with Gasteiger partial charge in [-0.2, -0.15) is 5.10 Å². The molecule has 6 aromatic rings. The van der Waals surface area contributed by atoms with Crippen molar-refractivity contribution in [2.45, 2.75) is 18.4 Å². The summed E-state index contributed by atoms with van der Waals surface area (Å²) < 4.78 is 12.9. The molecule has 0 aliphatic heterocycles. The quantitative estimate of drug-likeness (QED) is 0.272. The molecule has 2 N–H and O–H groups in total. The number of fused-ring (bicyclic) bond motifs is 2. The highest BCUT2D eigenvalue weighted by atomic mass is 35.5. The summed E-state index contributed by atoms with van der Waals surface area (Å²) in [6, 6.07) is 21.3. The zero-order valence-electron chi connectivity index (χ0n) is 20.4. The molecule has 0 fully saturated rings. The molecular weight excluding hydrogens is 518 g/mol. The van der Waals surface area contributed by atoms with Crippen LogP contribution in [0.1, 0.15) is 16.8 Å². The van der Waals surface area contributed by atoms with Crippen LogP contribution in [0.2, 0.25) is 5.02 Å². The Morgan fingerprint density at radius 3 is 2.55 bits per heavy atom. The van der Waals surface area contributed by atoms with Gasteiger partial charge in [0, 0.05) is 50.2 Å². The van der Waals surface area contributed by atoms with Crippen LogP contribution in [0, 0.1) is 6.92 Å². The molecule has 0 saturated heterocycles. The van der Waals surface area contributed by atoms with Crippen LogP contribution in [0.4, 0.5) is 0 Å². The molecule has 38 heavy (non-hydrogen) atoms. The molecule has 0 amide bonds. The van der Waals surface area contributed by atoms with Crippen LogP contribution in [-0.2, 0) is 22.3 Å². The van der Waals surface area contributed by atoms with Gasteiger partial charge in [-0.3, -0.25) is 19.1 Å². The number of rotatable bonds is 6. The summed E-state index contributed by atoms with van der Waals surface area (Å²) in [4.78, 5) is 25.0. The topological polar surface area (TPSA) is 104 Å². The third-order valence-corrected chi connectivity index (χ3v) is 7.97. The van der Waals surface area contributed by atoms with Crippen LogP contribution in [0.5, 0.6) is 0 Å². The number of H-pyrrole nitrogens is 2. The van der Waals surface area contributed by atoms with E-state index in [2.05, 4.69) is 20.2 Å². The Morgan fingerprint density at radius 2 is 1.76 bits per heavy atom. The molecule has 4 heterocycles. The molecule has 0 radical (unpaired) electrons. The fourth-order valence-electron chi connectivity index (χ4n) is 4.49. The van der Waals surface area contributed by atoms with Crippen molar-refractivity contribution in [3.8, 4) is 22.4 Å². The average Bonchev–Trinajstić information content (AvgIpc) is 3.40. The van der Waals surface area contributed by atoms with Gasteiger partial charge in [0.05, 0.1) is 33.9 Å². The summed E-state index contributed by atoms with van der Waals surface area (Å²) in [5.74, 6) is 0.451. The highest BCUT2D eigenvalue weighted by Gasteiger charge is 2.16. The molecule has 0 spiro atoms. The van der Waals surface area contributed by atoms with Gasteiger partial charge in [-0.15, -0.1) is 0 Å². The Kier molecular flexibility index (Phi) is 6.35. The smallest absolute Gasteiger partial charge is 0.253 e. The van der Waals surface area contributed by atoms with E-state index in [-0.39, 0.29) is 11.3 Å². The number of aromatic nitrogens is 5. The molecule has 9 heteroatoms. The minimum atomic E-state index is -1.28. The van der Waals surface area contributed by atoms with E-state index in [9.17, 15) is 9.00 Å². The predicted octanol–water partition coefficient (Wildman–Crippen LogP) is 5.94. The maximum absolute atomic E-state index is 13.0. The van der Waals surface area contributed by atoms with Gasteiger partial charge in [0.25, 0.3) is 5.56 Å². The van der Waals surface area contributed by atoms with Crippen molar-refractivity contribution in [2.75, 3.05) is 0 Å². The largest absolute Gasteiger partial charge is 0.306 e. The lowest BCUT2D eigenvalue weighted by molar-refractivity contribution is 0.682. The first kappa shape index (κ1) is 24.2. The van der Waals surface area contributed by atoms with Crippen LogP contribution < -0.4 is 5.56 Å². The lowest BCUT2D eigenvalue weighted by Crippen LogP contribution is -2.15. The molecule has 4 aromatic heterocycles. The van der Waals surface area contributed by atoms with Gasteiger partial charge in [-0.1, -0.05) is 48.0 Å².